The Kier molecular flexibility index (Phi) is 5.91. The first kappa shape index (κ1) is 13.9. The topological polar surface area (TPSA) is 29.1 Å². The molecule has 0 heterocycles. The van der Waals surface area contributed by atoms with E-state index in [1.807, 2.05) is 0 Å². The van der Waals surface area contributed by atoms with Gasteiger partial charge in [0.15, 0.2) is 0 Å². The number of alkyl halides is 1. The van der Waals surface area contributed by atoms with Crippen molar-refractivity contribution in [3.63, 3.8) is 0 Å². The minimum Gasteiger partial charge on any atom is -0.352 e. The lowest BCUT2D eigenvalue weighted by molar-refractivity contribution is 0.0944. The van der Waals surface area contributed by atoms with Gasteiger partial charge >= 0.3 is 0 Å². The van der Waals surface area contributed by atoms with Gasteiger partial charge in [-0.2, -0.15) is 0 Å². The summed E-state index contributed by atoms with van der Waals surface area (Å²) in [6.45, 7) is 0.392. The number of carbonyl (C=O) groups excluding carboxylic acids is 1. The molecular formula is C12H14ClF2NO. The van der Waals surface area contributed by atoms with Crippen LogP contribution < -0.4 is 5.32 Å². The van der Waals surface area contributed by atoms with Crippen LogP contribution in [0.5, 0.6) is 0 Å². The van der Waals surface area contributed by atoms with Crippen LogP contribution in [0.25, 0.3) is 0 Å². The average molecular weight is 262 g/mol. The van der Waals surface area contributed by atoms with Crippen LogP contribution in [0, 0.1) is 11.6 Å². The Balaban J connectivity index is 2.47. The van der Waals surface area contributed by atoms with Crippen molar-refractivity contribution in [3.8, 4) is 0 Å². The van der Waals surface area contributed by atoms with Crippen molar-refractivity contribution in [2.75, 3.05) is 12.4 Å². The fourth-order valence-electron chi connectivity index (χ4n) is 1.40. The molecule has 0 radical (unpaired) electrons. The summed E-state index contributed by atoms with van der Waals surface area (Å²) in [6.07, 6.45) is 2.49. The highest BCUT2D eigenvalue weighted by Gasteiger charge is 2.15. The van der Waals surface area contributed by atoms with Crippen molar-refractivity contribution in [2.45, 2.75) is 19.3 Å². The molecule has 0 saturated heterocycles. The number of halogens is 3. The Hall–Kier alpha value is -1.16. The summed E-state index contributed by atoms with van der Waals surface area (Å²) >= 11 is 5.49. The second-order valence-corrected chi connectivity index (χ2v) is 3.98. The van der Waals surface area contributed by atoms with Gasteiger partial charge in [-0.05, 0) is 25.0 Å². The van der Waals surface area contributed by atoms with Gasteiger partial charge in [0.2, 0.25) is 0 Å². The van der Waals surface area contributed by atoms with Gasteiger partial charge in [0.1, 0.15) is 17.2 Å². The molecule has 0 aliphatic rings. The summed E-state index contributed by atoms with van der Waals surface area (Å²) in [5, 5.41) is 2.48. The van der Waals surface area contributed by atoms with E-state index in [-0.39, 0.29) is 0 Å². The van der Waals surface area contributed by atoms with E-state index >= 15 is 0 Å². The monoisotopic (exact) mass is 261 g/mol. The fraction of sp³-hybridized carbons (Fsp3) is 0.417. The third-order valence-electron chi connectivity index (χ3n) is 2.29. The molecule has 1 N–H and O–H groups in total. The van der Waals surface area contributed by atoms with E-state index in [2.05, 4.69) is 5.32 Å². The van der Waals surface area contributed by atoms with Gasteiger partial charge in [-0.15, -0.1) is 11.6 Å². The van der Waals surface area contributed by atoms with Crippen LogP contribution in [-0.4, -0.2) is 18.3 Å². The Morgan fingerprint density at radius 2 is 1.82 bits per heavy atom. The number of rotatable bonds is 6. The molecule has 1 aromatic carbocycles. The molecule has 0 aromatic heterocycles. The van der Waals surface area contributed by atoms with Crippen molar-refractivity contribution in [3.05, 3.63) is 35.4 Å². The van der Waals surface area contributed by atoms with Crippen LogP contribution in [0.1, 0.15) is 29.6 Å². The van der Waals surface area contributed by atoms with Crippen LogP contribution >= 0.6 is 11.6 Å². The Bertz CT molecular complexity index is 365. The quantitative estimate of drug-likeness (QED) is 0.619. The molecule has 0 aliphatic carbocycles. The molecular weight excluding hydrogens is 248 g/mol. The number of amides is 1. The second-order valence-electron chi connectivity index (χ2n) is 3.60. The summed E-state index contributed by atoms with van der Waals surface area (Å²) in [4.78, 5) is 11.5. The smallest absolute Gasteiger partial charge is 0.257 e. The summed E-state index contributed by atoms with van der Waals surface area (Å²) in [7, 11) is 0. The van der Waals surface area contributed by atoms with E-state index in [0.717, 1.165) is 31.4 Å². The molecule has 0 spiro atoms. The highest BCUT2D eigenvalue weighted by atomic mass is 35.5. The van der Waals surface area contributed by atoms with Crippen LogP contribution in [0.2, 0.25) is 0 Å². The third-order valence-corrected chi connectivity index (χ3v) is 2.55. The van der Waals surface area contributed by atoms with Crippen LogP contribution in [0.3, 0.4) is 0 Å². The Morgan fingerprint density at radius 3 is 2.41 bits per heavy atom. The van der Waals surface area contributed by atoms with Gasteiger partial charge in [-0.1, -0.05) is 12.5 Å². The molecule has 0 saturated carbocycles. The maximum Gasteiger partial charge on any atom is 0.257 e. The first-order chi connectivity index (χ1) is 8.16. The predicted octanol–water partition coefficient (Wildman–Crippen LogP) is 3.10. The van der Waals surface area contributed by atoms with Gasteiger partial charge in [-0.3, -0.25) is 4.79 Å². The minimum absolute atomic E-state index is 0.392. The van der Waals surface area contributed by atoms with E-state index in [1.165, 1.54) is 6.07 Å². The van der Waals surface area contributed by atoms with E-state index in [1.54, 1.807) is 0 Å². The number of nitrogens with one attached hydrogen (secondary N) is 1. The van der Waals surface area contributed by atoms with E-state index in [4.69, 9.17) is 11.6 Å². The zero-order chi connectivity index (χ0) is 12.7. The van der Waals surface area contributed by atoms with Gasteiger partial charge in [-0.25, -0.2) is 8.78 Å². The van der Waals surface area contributed by atoms with Crippen LogP contribution in [-0.2, 0) is 0 Å². The van der Waals surface area contributed by atoms with Gasteiger partial charge < -0.3 is 5.32 Å². The first-order valence-electron chi connectivity index (χ1n) is 5.45. The number of hydrogen-bond donors (Lipinski definition) is 1. The van der Waals surface area contributed by atoms with Crippen molar-refractivity contribution in [1.29, 1.82) is 0 Å². The Labute approximate surface area is 104 Å². The van der Waals surface area contributed by atoms with Gasteiger partial charge in [0.05, 0.1) is 0 Å². The maximum absolute atomic E-state index is 13.2. The van der Waals surface area contributed by atoms with Gasteiger partial charge in [0.25, 0.3) is 5.91 Å². The molecule has 0 fully saturated rings. The van der Waals surface area contributed by atoms with Crippen molar-refractivity contribution in [2.24, 2.45) is 0 Å². The minimum atomic E-state index is -0.844. The average Bonchev–Trinajstić information content (AvgIpc) is 2.28. The lowest BCUT2D eigenvalue weighted by atomic mass is 10.2. The molecule has 1 rings (SSSR count). The SMILES string of the molecule is O=C(NCCCCCCl)c1c(F)cccc1F. The second kappa shape index (κ2) is 7.22. The molecule has 0 atom stereocenters. The summed E-state index contributed by atoms with van der Waals surface area (Å²) < 4.78 is 26.4. The standard InChI is InChI=1S/C12H14ClF2NO/c13-7-2-1-3-8-16-12(17)11-9(14)5-4-6-10(11)15/h4-6H,1-3,7-8H2,(H,16,17). The predicted molar refractivity (Wildman–Crippen MR) is 63.3 cm³/mol. The maximum atomic E-state index is 13.2. The number of hydrogen-bond acceptors (Lipinski definition) is 1. The molecule has 1 amide bonds. The molecule has 0 aliphatic heterocycles. The number of unbranched alkanes of at least 4 members (excludes halogenated alkanes) is 2. The van der Waals surface area contributed by atoms with Crippen LogP contribution in [0.4, 0.5) is 8.78 Å². The van der Waals surface area contributed by atoms with Gasteiger partial charge in [0, 0.05) is 12.4 Å². The van der Waals surface area contributed by atoms with Crippen LogP contribution in [0.15, 0.2) is 18.2 Å². The van der Waals surface area contributed by atoms with Crippen molar-refractivity contribution < 1.29 is 13.6 Å². The zero-order valence-corrected chi connectivity index (χ0v) is 10.1. The third kappa shape index (κ3) is 4.30. The summed E-state index contributed by atoms with van der Waals surface area (Å²) in [5.41, 5.74) is -0.523. The largest absolute Gasteiger partial charge is 0.352 e. The first-order valence-corrected chi connectivity index (χ1v) is 5.98. The van der Waals surface area contributed by atoms with E-state index in [0.29, 0.717) is 12.4 Å². The molecule has 5 heteroatoms. The molecule has 2 nitrogen and oxygen atoms in total. The van der Waals surface area contributed by atoms with Crippen molar-refractivity contribution in [1.82, 2.24) is 5.32 Å². The Morgan fingerprint density at radius 1 is 1.18 bits per heavy atom. The lowest BCUT2D eigenvalue weighted by Gasteiger charge is -2.06. The lowest BCUT2D eigenvalue weighted by Crippen LogP contribution is -2.26. The molecule has 94 valence electrons. The molecule has 0 bridgehead atoms. The number of carbonyl (C=O) groups is 1. The summed E-state index contributed by atoms with van der Waals surface area (Å²) in [6, 6.07) is 3.35. The molecule has 0 unspecified atom stereocenters. The normalized spacial score (nSPS) is 10.3. The highest BCUT2D eigenvalue weighted by molar-refractivity contribution is 6.17. The van der Waals surface area contributed by atoms with E-state index < -0.39 is 23.1 Å². The zero-order valence-electron chi connectivity index (χ0n) is 9.31. The van der Waals surface area contributed by atoms with Crippen molar-refractivity contribution >= 4 is 17.5 Å². The fourth-order valence-corrected chi connectivity index (χ4v) is 1.59. The number of benzene rings is 1. The van der Waals surface area contributed by atoms with E-state index in [9.17, 15) is 13.6 Å². The molecule has 17 heavy (non-hydrogen) atoms. The summed E-state index contributed by atoms with van der Waals surface area (Å²) in [5.74, 6) is -1.83. The molecule has 1 aromatic rings. The highest BCUT2D eigenvalue weighted by Crippen LogP contribution is 2.11.